The molecule has 0 unspecified atom stereocenters. The van der Waals surface area contributed by atoms with Gasteiger partial charge in [0, 0.05) is 10.7 Å². The minimum absolute atomic E-state index is 0.635. The van der Waals surface area contributed by atoms with Gasteiger partial charge in [0.1, 0.15) is 11.6 Å². The largest absolute Gasteiger partial charge is 0.496 e. The first kappa shape index (κ1) is 11.9. The van der Waals surface area contributed by atoms with Crippen molar-refractivity contribution in [2.45, 2.75) is 0 Å². The van der Waals surface area contributed by atoms with Crippen LogP contribution in [0.5, 0.6) is 5.75 Å². The van der Waals surface area contributed by atoms with Crippen molar-refractivity contribution in [2.24, 2.45) is 0 Å². The Morgan fingerprint density at radius 2 is 2.05 bits per heavy atom. The van der Waals surface area contributed by atoms with Gasteiger partial charge in [-0.2, -0.15) is 0 Å². The van der Waals surface area contributed by atoms with Gasteiger partial charge >= 0.3 is 0 Å². The molecule has 5 heteroatoms. The number of nitrogens with zero attached hydrogens (tertiary/aromatic N) is 1. The Labute approximate surface area is 115 Å². The SMILES string of the molecule is COc1ccc(Cl)cc1-c1nc2ccc(N)cc2[nH]1. The number of ether oxygens (including phenoxy) is 1. The third kappa shape index (κ3) is 2.11. The molecule has 0 radical (unpaired) electrons. The molecular formula is C14H12ClN3O. The summed E-state index contributed by atoms with van der Waals surface area (Å²) in [5.41, 5.74) is 9.02. The fraction of sp³-hybridized carbons (Fsp3) is 0.0714. The molecule has 0 saturated heterocycles. The van der Waals surface area contributed by atoms with Crippen molar-refractivity contribution in [2.75, 3.05) is 12.8 Å². The van der Waals surface area contributed by atoms with Crippen molar-refractivity contribution >= 4 is 28.3 Å². The molecule has 1 aromatic heterocycles. The second kappa shape index (κ2) is 4.48. The number of hydrogen-bond donors (Lipinski definition) is 2. The molecule has 3 rings (SSSR count). The highest BCUT2D eigenvalue weighted by Crippen LogP contribution is 2.32. The van der Waals surface area contributed by atoms with Gasteiger partial charge in [-0.05, 0) is 36.4 Å². The van der Waals surface area contributed by atoms with E-state index < -0.39 is 0 Å². The molecule has 96 valence electrons. The summed E-state index contributed by atoms with van der Waals surface area (Å²) in [6.45, 7) is 0. The first-order valence-electron chi connectivity index (χ1n) is 5.76. The number of halogens is 1. The van der Waals surface area contributed by atoms with Gasteiger partial charge in [-0.15, -0.1) is 0 Å². The van der Waals surface area contributed by atoms with E-state index in [1.165, 1.54) is 0 Å². The number of nitrogens with two attached hydrogens (primary N) is 1. The van der Waals surface area contributed by atoms with E-state index in [-0.39, 0.29) is 0 Å². The van der Waals surface area contributed by atoms with Gasteiger partial charge in [-0.25, -0.2) is 4.98 Å². The Hall–Kier alpha value is -2.20. The van der Waals surface area contributed by atoms with Crippen molar-refractivity contribution in [3.05, 3.63) is 41.4 Å². The molecule has 1 heterocycles. The van der Waals surface area contributed by atoms with Gasteiger partial charge in [-0.3, -0.25) is 0 Å². The quantitative estimate of drug-likeness (QED) is 0.703. The summed E-state index contributed by atoms with van der Waals surface area (Å²) in [7, 11) is 1.62. The minimum Gasteiger partial charge on any atom is -0.496 e. The highest BCUT2D eigenvalue weighted by molar-refractivity contribution is 6.30. The maximum Gasteiger partial charge on any atom is 0.142 e. The molecule has 3 aromatic rings. The van der Waals surface area contributed by atoms with Crippen LogP contribution in [0.3, 0.4) is 0 Å². The molecule has 0 aliphatic carbocycles. The van der Waals surface area contributed by atoms with E-state index in [0.717, 1.165) is 22.3 Å². The average molecular weight is 274 g/mol. The Bertz CT molecular complexity index is 752. The normalized spacial score (nSPS) is 10.8. The van der Waals surface area contributed by atoms with E-state index in [2.05, 4.69) is 9.97 Å². The topological polar surface area (TPSA) is 63.9 Å². The van der Waals surface area contributed by atoms with Crippen LogP contribution in [0.15, 0.2) is 36.4 Å². The number of benzene rings is 2. The third-order valence-corrected chi connectivity index (χ3v) is 3.16. The zero-order valence-electron chi connectivity index (χ0n) is 10.3. The lowest BCUT2D eigenvalue weighted by Crippen LogP contribution is -1.89. The van der Waals surface area contributed by atoms with Gasteiger partial charge in [0.25, 0.3) is 0 Å². The van der Waals surface area contributed by atoms with Crippen molar-refractivity contribution in [3.63, 3.8) is 0 Å². The number of nitrogens with one attached hydrogen (secondary N) is 1. The van der Waals surface area contributed by atoms with Crippen LogP contribution in [-0.2, 0) is 0 Å². The van der Waals surface area contributed by atoms with Gasteiger partial charge in [-0.1, -0.05) is 11.6 Å². The van der Waals surface area contributed by atoms with E-state index in [1.807, 2.05) is 30.3 Å². The monoisotopic (exact) mass is 273 g/mol. The lowest BCUT2D eigenvalue weighted by Gasteiger charge is -2.06. The third-order valence-electron chi connectivity index (χ3n) is 2.92. The average Bonchev–Trinajstić information content (AvgIpc) is 2.81. The fourth-order valence-corrected chi connectivity index (χ4v) is 2.19. The number of H-pyrrole nitrogens is 1. The molecule has 0 aliphatic heterocycles. The maximum atomic E-state index is 6.03. The Balaban J connectivity index is 2.21. The second-order valence-electron chi connectivity index (χ2n) is 4.21. The van der Waals surface area contributed by atoms with Crippen LogP contribution in [0, 0.1) is 0 Å². The van der Waals surface area contributed by atoms with Crippen molar-refractivity contribution in [3.8, 4) is 17.1 Å². The number of nitrogen functional groups attached to an aromatic ring is 1. The summed E-state index contributed by atoms with van der Waals surface area (Å²) >= 11 is 6.03. The van der Waals surface area contributed by atoms with Crippen molar-refractivity contribution in [1.29, 1.82) is 0 Å². The predicted molar refractivity (Wildman–Crippen MR) is 77.5 cm³/mol. The number of fused-ring (bicyclic) bond motifs is 1. The summed E-state index contributed by atoms with van der Waals surface area (Å²) < 4.78 is 5.33. The smallest absolute Gasteiger partial charge is 0.142 e. The van der Waals surface area contributed by atoms with Gasteiger partial charge < -0.3 is 15.5 Å². The number of aromatic nitrogens is 2. The maximum absolute atomic E-state index is 6.03. The fourth-order valence-electron chi connectivity index (χ4n) is 2.02. The molecule has 0 saturated carbocycles. The summed E-state index contributed by atoms with van der Waals surface area (Å²) in [6, 6.07) is 11.0. The number of hydrogen-bond acceptors (Lipinski definition) is 3. The van der Waals surface area contributed by atoms with Crippen LogP contribution in [0.25, 0.3) is 22.4 Å². The number of aromatic amines is 1. The molecular weight excluding hydrogens is 262 g/mol. The zero-order chi connectivity index (χ0) is 13.4. The number of methoxy groups -OCH3 is 1. The van der Waals surface area contributed by atoms with E-state index >= 15 is 0 Å². The predicted octanol–water partition coefficient (Wildman–Crippen LogP) is 3.47. The molecule has 2 aromatic carbocycles. The number of imidazole rings is 1. The van der Waals surface area contributed by atoms with Gasteiger partial charge in [0.15, 0.2) is 0 Å². The summed E-state index contributed by atoms with van der Waals surface area (Å²) in [6.07, 6.45) is 0. The highest BCUT2D eigenvalue weighted by atomic mass is 35.5. The standard InChI is InChI=1S/C14H12ClN3O/c1-19-13-5-2-8(15)6-10(13)14-17-11-4-3-9(16)7-12(11)18-14/h2-7H,16H2,1H3,(H,17,18). The first-order chi connectivity index (χ1) is 9.17. The van der Waals surface area contributed by atoms with Crippen LogP contribution in [0.2, 0.25) is 5.02 Å². The van der Waals surface area contributed by atoms with Crippen LogP contribution >= 0.6 is 11.6 Å². The van der Waals surface area contributed by atoms with Crippen LogP contribution < -0.4 is 10.5 Å². The molecule has 0 fully saturated rings. The first-order valence-corrected chi connectivity index (χ1v) is 6.14. The molecule has 0 aliphatic rings. The Morgan fingerprint density at radius 1 is 1.21 bits per heavy atom. The molecule has 0 bridgehead atoms. The van der Waals surface area contributed by atoms with Crippen LogP contribution in [-0.4, -0.2) is 17.1 Å². The lowest BCUT2D eigenvalue weighted by molar-refractivity contribution is 0.416. The van der Waals surface area contributed by atoms with E-state index in [4.69, 9.17) is 22.1 Å². The van der Waals surface area contributed by atoms with Crippen molar-refractivity contribution in [1.82, 2.24) is 9.97 Å². The lowest BCUT2D eigenvalue weighted by atomic mass is 10.2. The molecule has 4 nitrogen and oxygen atoms in total. The van der Waals surface area contributed by atoms with E-state index in [0.29, 0.717) is 16.5 Å². The molecule has 19 heavy (non-hydrogen) atoms. The van der Waals surface area contributed by atoms with Gasteiger partial charge in [0.05, 0.1) is 23.7 Å². The van der Waals surface area contributed by atoms with Gasteiger partial charge in [0.2, 0.25) is 0 Å². The zero-order valence-corrected chi connectivity index (χ0v) is 11.0. The highest BCUT2D eigenvalue weighted by Gasteiger charge is 2.11. The molecule has 0 spiro atoms. The molecule has 0 amide bonds. The molecule has 0 atom stereocenters. The van der Waals surface area contributed by atoms with E-state index in [9.17, 15) is 0 Å². The minimum atomic E-state index is 0.635. The summed E-state index contributed by atoms with van der Waals surface area (Å²) in [4.78, 5) is 7.75. The number of anilines is 1. The summed E-state index contributed by atoms with van der Waals surface area (Å²) in [5.74, 6) is 1.43. The Morgan fingerprint density at radius 3 is 2.84 bits per heavy atom. The summed E-state index contributed by atoms with van der Waals surface area (Å²) in [5, 5.41) is 0.635. The van der Waals surface area contributed by atoms with E-state index in [1.54, 1.807) is 13.2 Å². The molecule has 3 N–H and O–H groups in total. The Kier molecular flexibility index (Phi) is 2.80. The second-order valence-corrected chi connectivity index (χ2v) is 4.64. The van der Waals surface area contributed by atoms with Crippen LogP contribution in [0.1, 0.15) is 0 Å². The van der Waals surface area contributed by atoms with Crippen molar-refractivity contribution < 1.29 is 4.74 Å². The van der Waals surface area contributed by atoms with Crippen LogP contribution in [0.4, 0.5) is 5.69 Å². The number of rotatable bonds is 2.